The smallest absolute Gasteiger partial charge is 0.410 e. The molecule has 1 aromatic carbocycles. The second-order valence-corrected chi connectivity index (χ2v) is 14.4. The van der Waals surface area contributed by atoms with Gasteiger partial charge in [0.1, 0.15) is 23.1 Å². The average molecular weight is 645 g/mol. The number of carbonyl (C=O) groups excluding carboxylic acids is 1. The zero-order valence-electron chi connectivity index (χ0n) is 22.4. The molecular formula is C27H33BrClF2N5O2S. The maximum absolute atomic E-state index is 15.5. The monoisotopic (exact) mass is 643 g/mol. The van der Waals surface area contributed by atoms with Gasteiger partial charge in [0.15, 0.2) is 11.0 Å². The number of fused-ring (bicyclic) bond motifs is 4. The molecule has 1 amide bonds. The minimum atomic E-state index is -0.814. The number of halogens is 4. The lowest BCUT2D eigenvalue weighted by molar-refractivity contribution is 0.0123. The van der Waals surface area contributed by atoms with Crippen LogP contribution in [0.4, 0.5) is 19.4 Å². The van der Waals surface area contributed by atoms with Crippen molar-refractivity contribution in [2.24, 2.45) is 0 Å². The molecule has 39 heavy (non-hydrogen) atoms. The number of thioether (sulfide) groups is 1. The molecule has 1 aromatic heterocycles. The van der Waals surface area contributed by atoms with Gasteiger partial charge in [0.05, 0.1) is 21.6 Å². The molecule has 0 spiro atoms. The Balaban J connectivity index is 1.32. The van der Waals surface area contributed by atoms with Crippen LogP contribution in [-0.2, 0) is 4.74 Å². The number of carbonyl (C=O) groups is 1. The number of hydrogen-bond donors (Lipinski definition) is 0. The Hall–Kier alpha value is -1.43. The Morgan fingerprint density at radius 1 is 1.26 bits per heavy atom. The zero-order valence-corrected chi connectivity index (χ0v) is 25.5. The van der Waals surface area contributed by atoms with Gasteiger partial charge in [-0.05, 0) is 81.4 Å². The number of alkyl halides is 1. The Morgan fingerprint density at radius 3 is 2.67 bits per heavy atom. The number of benzene rings is 1. The number of amides is 1. The fourth-order valence-corrected chi connectivity index (χ4v) is 8.42. The number of aromatic nitrogens is 2. The van der Waals surface area contributed by atoms with Crippen molar-refractivity contribution in [3.63, 3.8) is 0 Å². The van der Waals surface area contributed by atoms with Crippen molar-refractivity contribution in [3.05, 3.63) is 21.4 Å². The van der Waals surface area contributed by atoms with Gasteiger partial charge in [0.2, 0.25) is 0 Å². The molecule has 6 rings (SSSR count). The van der Waals surface area contributed by atoms with E-state index in [4.69, 9.17) is 21.3 Å². The van der Waals surface area contributed by atoms with Gasteiger partial charge in [0, 0.05) is 36.3 Å². The van der Waals surface area contributed by atoms with E-state index >= 15 is 4.39 Å². The van der Waals surface area contributed by atoms with Gasteiger partial charge in [-0.3, -0.25) is 9.80 Å². The first-order valence-corrected chi connectivity index (χ1v) is 15.7. The number of anilines is 1. The van der Waals surface area contributed by atoms with E-state index in [-0.39, 0.29) is 38.7 Å². The molecule has 0 N–H and O–H groups in total. The number of ether oxygens (including phenoxy) is 1. The normalized spacial score (nSPS) is 28.9. The minimum Gasteiger partial charge on any atom is -0.444 e. The third-order valence-electron chi connectivity index (χ3n) is 8.40. The second kappa shape index (κ2) is 10.1. The number of rotatable bonds is 4. The van der Waals surface area contributed by atoms with Crippen molar-refractivity contribution in [1.82, 2.24) is 19.8 Å². The van der Waals surface area contributed by atoms with E-state index in [1.54, 1.807) is 6.07 Å². The summed E-state index contributed by atoms with van der Waals surface area (Å²) in [6, 6.07) is 1.65. The van der Waals surface area contributed by atoms with E-state index in [1.807, 2.05) is 25.7 Å². The summed E-state index contributed by atoms with van der Waals surface area (Å²) in [6.45, 7) is 8.12. The van der Waals surface area contributed by atoms with Crippen LogP contribution < -0.4 is 4.90 Å². The van der Waals surface area contributed by atoms with Crippen LogP contribution in [0.3, 0.4) is 0 Å². The fraction of sp³-hybridized carbons (Fsp3) is 0.667. The van der Waals surface area contributed by atoms with Crippen molar-refractivity contribution in [3.8, 4) is 0 Å². The predicted octanol–water partition coefficient (Wildman–Crippen LogP) is 6.44. The van der Waals surface area contributed by atoms with Crippen molar-refractivity contribution in [2.45, 2.75) is 87.4 Å². The van der Waals surface area contributed by atoms with E-state index in [0.717, 1.165) is 32.2 Å². The van der Waals surface area contributed by atoms with Crippen molar-refractivity contribution in [2.75, 3.05) is 36.8 Å². The van der Waals surface area contributed by atoms with Crippen LogP contribution in [0.2, 0.25) is 5.02 Å². The lowest BCUT2D eigenvalue weighted by atomic mass is 9.96. The fourth-order valence-electron chi connectivity index (χ4n) is 6.78. The van der Waals surface area contributed by atoms with E-state index < -0.39 is 17.6 Å². The van der Waals surface area contributed by atoms with Crippen LogP contribution in [0.1, 0.15) is 52.9 Å². The Bertz CT molecular complexity index is 1300. The molecule has 2 unspecified atom stereocenters. The van der Waals surface area contributed by atoms with Gasteiger partial charge in [-0.1, -0.05) is 23.4 Å². The molecule has 5 heterocycles. The Kier molecular flexibility index (Phi) is 7.20. The van der Waals surface area contributed by atoms with Crippen molar-refractivity contribution < 1.29 is 18.3 Å². The average Bonchev–Trinajstić information content (AvgIpc) is 3.47. The first-order valence-electron chi connectivity index (χ1n) is 13.6. The third-order valence-corrected chi connectivity index (χ3v) is 10.8. The first kappa shape index (κ1) is 27.7. The van der Waals surface area contributed by atoms with Crippen LogP contribution in [-0.4, -0.2) is 87.2 Å². The summed E-state index contributed by atoms with van der Waals surface area (Å²) in [5, 5.41) is 1.26. The molecule has 2 aromatic rings. The molecule has 4 saturated heterocycles. The molecule has 4 fully saturated rings. The summed E-state index contributed by atoms with van der Waals surface area (Å²) in [5.41, 5.74) is -0.559. The number of hydrogen-bond acceptors (Lipinski definition) is 7. The second-order valence-electron chi connectivity index (χ2n) is 12.3. The zero-order chi connectivity index (χ0) is 27.7. The highest BCUT2D eigenvalue weighted by Gasteiger charge is 2.49. The number of nitrogens with zero attached hydrogens (tertiary/aromatic N) is 5. The SMILES string of the molecule is CC(C)(C)OC(=O)N1C2CCC1CN(c1nc(SC[C@@]34CCCN3C[C@H](F)C4)nc3c(F)c(Br)c(Cl)cc13)C2. The molecule has 0 radical (unpaired) electrons. The highest BCUT2D eigenvalue weighted by atomic mass is 79.9. The highest BCUT2D eigenvalue weighted by Crippen LogP contribution is 2.44. The van der Waals surface area contributed by atoms with Crippen LogP contribution in [0.25, 0.3) is 10.9 Å². The lowest BCUT2D eigenvalue weighted by Gasteiger charge is -2.42. The molecule has 4 aliphatic heterocycles. The first-order chi connectivity index (χ1) is 18.4. The van der Waals surface area contributed by atoms with Gasteiger partial charge in [-0.25, -0.2) is 23.5 Å². The van der Waals surface area contributed by atoms with Crippen LogP contribution in [0.15, 0.2) is 15.7 Å². The van der Waals surface area contributed by atoms with Gasteiger partial charge in [-0.15, -0.1) is 0 Å². The predicted molar refractivity (Wildman–Crippen MR) is 153 cm³/mol. The maximum Gasteiger partial charge on any atom is 0.410 e. The molecule has 0 aliphatic carbocycles. The van der Waals surface area contributed by atoms with E-state index in [9.17, 15) is 9.18 Å². The Morgan fingerprint density at radius 2 is 1.97 bits per heavy atom. The highest BCUT2D eigenvalue weighted by molar-refractivity contribution is 9.10. The Labute approximate surface area is 245 Å². The summed E-state index contributed by atoms with van der Waals surface area (Å²) in [5.74, 6) is 0.752. The summed E-state index contributed by atoms with van der Waals surface area (Å²) in [4.78, 5) is 28.8. The van der Waals surface area contributed by atoms with Crippen molar-refractivity contribution in [1.29, 1.82) is 0 Å². The quantitative estimate of drug-likeness (QED) is 0.216. The summed E-state index contributed by atoms with van der Waals surface area (Å²) in [7, 11) is 0. The summed E-state index contributed by atoms with van der Waals surface area (Å²) in [6.07, 6.45) is 3.16. The van der Waals surface area contributed by atoms with Gasteiger partial charge in [-0.2, -0.15) is 0 Å². The van der Waals surface area contributed by atoms with E-state index in [2.05, 4.69) is 30.7 Å². The molecule has 12 heteroatoms. The molecule has 7 nitrogen and oxygen atoms in total. The molecule has 2 bridgehead atoms. The topological polar surface area (TPSA) is 61.8 Å². The molecular weight excluding hydrogens is 612 g/mol. The molecule has 4 atom stereocenters. The van der Waals surface area contributed by atoms with E-state index in [0.29, 0.717) is 48.2 Å². The van der Waals surface area contributed by atoms with Gasteiger partial charge < -0.3 is 9.64 Å². The molecule has 4 aliphatic rings. The van der Waals surface area contributed by atoms with Crippen LogP contribution in [0, 0.1) is 5.82 Å². The minimum absolute atomic E-state index is 0.0265. The summed E-state index contributed by atoms with van der Waals surface area (Å²) >= 11 is 11.1. The van der Waals surface area contributed by atoms with Gasteiger partial charge >= 0.3 is 6.09 Å². The van der Waals surface area contributed by atoms with Crippen molar-refractivity contribution >= 4 is 62.1 Å². The van der Waals surface area contributed by atoms with Crippen LogP contribution >= 0.6 is 39.3 Å². The largest absolute Gasteiger partial charge is 0.444 e. The maximum atomic E-state index is 15.5. The van der Waals surface area contributed by atoms with Gasteiger partial charge in [0.25, 0.3) is 0 Å². The standard InChI is InChI=1S/C27H33BrClF2N5O2S/c1-26(2,3)38-25(37)36-16-5-6-17(36)13-34(12-16)23-18-9-19(29)20(28)21(31)22(18)32-24(33-23)39-14-27-7-4-8-35(27)11-15(30)10-27/h9,15-17H,4-8,10-14H2,1-3H3/t15-,16?,17?,27+/m1/s1. The molecule has 212 valence electrons. The van der Waals surface area contributed by atoms with E-state index in [1.165, 1.54) is 11.8 Å². The van der Waals surface area contributed by atoms with Crippen LogP contribution in [0.5, 0.6) is 0 Å². The number of piperazine rings is 1. The molecule has 0 saturated carbocycles. The lowest BCUT2D eigenvalue weighted by Crippen LogP contribution is -2.57. The third kappa shape index (κ3) is 5.10. The summed E-state index contributed by atoms with van der Waals surface area (Å²) < 4.78 is 35.7.